The quantitative estimate of drug-likeness (QED) is 0.730. The number of amides is 1. The van der Waals surface area contributed by atoms with Gasteiger partial charge in [0.15, 0.2) is 0 Å². The molecule has 0 aromatic heterocycles. The van der Waals surface area contributed by atoms with Crippen molar-refractivity contribution in [2.45, 2.75) is 70.8 Å². The molecule has 3 atom stereocenters. The van der Waals surface area contributed by atoms with Crippen LogP contribution in [0.4, 0.5) is 0 Å². The highest BCUT2D eigenvalue weighted by Gasteiger charge is 2.32. The number of carboxylic acid groups (broad SMARTS) is 1. The van der Waals surface area contributed by atoms with Gasteiger partial charge in [0.05, 0.1) is 12.5 Å². The monoisotopic (exact) mass is 301 g/mol. The van der Waals surface area contributed by atoms with E-state index in [0.717, 1.165) is 6.42 Å². The molecule has 0 saturated carbocycles. The molecule has 2 unspecified atom stereocenters. The zero-order valence-electron chi connectivity index (χ0n) is 12.8. The zero-order chi connectivity index (χ0) is 16.2. The van der Waals surface area contributed by atoms with Crippen molar-refractivity contribution >= 4 is 17.8 Å². The summed E-state index contributed by atoms with van der Waals surface area (Å²) < 4.78 is 10.4. The predicted octanol–water partition coefficient (Wildman–Crippen LogP) is 0.855. The number of hydrogen-bond donors (Lipinski definition) is 2. The predicted molar refractivity (Wildman–Crippen MR) is 73.6 cm³/mol. The minimum atomic E-state index is -1.31. The van der Waals surface area contributed by atoms with E-state index in [1.165, 1.54) is 0 Å². The Labute approximate surface area is 124 Å². The summed E-state index contributed by atoms with van der Waals surface area (Å²) in [5.41, 5.74) is -0.700. The van der Waals surface area contributed by atoms with Crippen molar-refractivity contribution in [1.82, 2.24) is 5.32 Å². The summed E-state index contributed by atoms with van der Waals surface area (Å²) in [7, 11) is 0. The molecule has 0 aromatic rings. The Balaban J connectivity index is 2.56. The number of hydrogen-bond acceptors (Lipinski definition) is 5. The summed E-state index contributed by atoms with van der Waals surface area (Å²) >= 11 is 0. The number of ether oxygens (including phenoxy) is 2. The number of carboxylic acids is 1. The lowest BCUT2D eigenvalue weighted by atomic mass is 10.1. The van der Waals surface area contributed by atoms with Gasteiger partial charge in [-0.2, -0.15) is 0 Å². The van der Waals surface area contributed by atoms with E-state index in [-0.39, 0.29) is 6.10 Å². The van der Waals surface area contributed by atoms with Crippen LogP contribution in [0.25, 0.3) is 0 Å². The second kappa shape index (κ2) is 6.89. The molecule has 120 valence electrons. The van der Waals surface area contributed by atoms with Crippen molar-refractivity contribution in [3.8, 4) is 0 Å². The lowest BCUT2D eigenvalue weighted by Gasteiger charge is -2.22. The molecule has 0 bridgehead atoms. The Morgan fingerprint density at radius 3 is 2.38 bits per heavy atom. The van der Waals surface area contributed by atoms with E-state index in [0.29, 0.717) is 6.42 Å². The molecular weight excluding hydrogens is 278 g/mol. The Bertz CT molecular complexity index is 414. The van der Waals surface area contributed by atoms with E-state index >= 15 is 0 Å². The third-order valence-corrected chi connectivity index (χ3v) is 2.93. The molecule has 1 rings (SSSR count). The highest BCUT2D eigenvalue weighted by atomic mass is 16.6. The Kier molecular flexibility index (Phi) is 5.71. The van der Waals surface area contributed by atoms with Crippen molar-refractivity contribution in [3.05, 3.63) is 0 Å². The van der Waals surface area contributed by atoms with Gasteiger partial charge in [-0.1, -0.05) is 0 Å². The van der Waals surface area contributed by atoms with E-state index in [2.05, 4.69) is 5.32 Å². The van der Waals surface area contributed by atoms with E-state index in [1.54, 1.807) is 20.8 Å². The lowest BCUT2D eigenvalue weighted by molar-refractivity contribution is -0.159. The van der Waals surface area contributed by atoms with Gasteiger partial charge in [0.2, 0.25) is 5.91 Å². The maximum absolute atomic E-state index is 11.9. The molecule has 1 aliphatic rings. The Morgan fingerprint density at radius 1 is 1.33 bits per heavy atom. The molecular formula is C14H23NO6. The highest BCUT2D eigenvalue weighted by molar-refractivity contribution is 5.89. The molecule has 0 radical (unpaired) electrons. The van der Waals surface area contributed by atoms with Crippen molar-refractivity contribution in [2.24, 2.45) is 0 Å². The SMILES string of the molecule is CC1CCC(C(=O)N[C@@H](CC(=O)OC(C)(C)C)C(=O)O)O1. The molecule has 7 nitrogen and oxygen atoms in total. The first-order valence-electron chi connectivity index (χ1n) is 6.99. The summed E-state index contributed by atoms with van der Waals surface area (Å²) in [6.45, 7) is 6.91. The smallest absolute Gasteiger partial charge is 0.326 e. The molecule has 7 heteroatoms. The average Bonchev–Trinajstić information content (AvgIpc) is 2.72. The first-order chi connectivity index (χ1) is 9.58. The van der Waals surface area contributed by atoms with Crippen LogP contribution < -0.4 is 5.32 Å². The van der Waals surface area contributed by atoms with E-state index in [1.807, 2.05) is 6.92 Å². The minimum Gasteiger partial charge on any atom is -0.480 e. The van der Waals surface area contributed by atoms with Crippen LogP contribution in [-0.4, -0.2) is 46.8 Å². The fraction of sp³-hybridized carbons (Fsp3) is 0.786. The van der Waals surface area contributed by atoms with Crippen LogP contribution in [0.15, 0.2) is 0 Å². The van der Waals surface area contributed by atoms with Crippen LogP contribution in [0, 0.1) is 0 Å². The third kappa shape index (κ3) is 6.12. The van der Waals surface area contributed by atoms with Crippen LogP contribution in [0.1, 0.15) is 47.0 Å². The van der Waals surface area contributed by atoms with E-state index < -0.39 is 42.0 Å². The van der Waals surface area contributed by atoms with Crippen molar-refractivity contribution < 1.29 is 29.0 Å². The van der Waals surface area contributed by atoms with E-state index in [9.17, 15) is 14.4 Å². The van der Waals surface area contributed by atoms with Gasteiger partial charge in [-0.05, 0) is 40.5 Å². The summed E-state index contributed by atoms with van der Waals surface area (Å²) in [5, 5.41) is 11.4. The maximum atomic E-state index is 11.9. The van der Waals surface area contributed by atoms with Crippen LogP contribution in [0.2, 0.25) is 0 Å². The summed E-state index contributed by atoms with van der Waals surface area (Å²) in [5.74, 6) is -2.45. The summed E-state index contributed by atoms with van der Waals surface area (Å²) in [6, 6.07) is -1.31. The van der Waals surface area contributed by atoms with Crippen LogP contribution in [0.5, 0.6) is 0 Å². The molecule has 1 fully saturated rings. The molecule has 21 heavy (non-hydrogen) atoms. The molecule has 1 aliphatic heterocycles. The molecule has 1 heterocycles. The lowest BCUT2D eigenvalue weighted by Crippen LogP contribution is -2.47. The van der Waals surface area contributed by atoms with Gasteiger partial charge < -0.3 is 19.9 Å². The highest BCUT2D eigenvalue weighted by Crippen LogP contribution is 2.19. The van der Waals surface area contributed by atoms with Gasteiger partial charge in [0.1, 0.15) is 17.7 Å². The number of esters is 1. The Hall–Kier alpha value is -1.63. The van der Waals surface area contributed by atoms with Crippen molar-refractivity contribution in [3.63, 3.8) is 0 Å². The van der Waals surface area contributed by atoms with Crippen molar-refractivity contribution in [2.75, 3.05) is 0 Å². The summed E-state index contributed by atoms with van der Waals surface area (Å²) in [4.78, 5) is 34.7. The number of carbonyl (C=O) groups excluding carboxylic acids is 2. The first-order valence-corrected chi connectivity index (χ1v) is 6.99. The molecule has 1 saturated heterocycles. The fourth-order valence-electron chi connectivity index (χ4n) is 2.01. The van der Waals surface area contributed by atoms with Gasteiger partial charge in [-0.3, -0.25) is 9.59 Å². The van der Waals surface area contributed by atoms with Gasteiger partial charge >= 0.3 is 11.9 Å². The van der Waals surface area contributed by atoms with Crippen LogP contribution in [-0.2, 0) is 23.9 Å². The molecule has 0 aliphatic carbocycles. The third-order valence-electron chi connectivity index (χ3n) is 2.93. The number of aliphatic carboxylic acids is 1. The minimum absolute atomic E-state index is 0.0186. The second-order valence-corrected chi connectivity index (χ2v) is 6.20. The number of rotatable bonds is 5. The van der Waals surface area contributed by atoms with Crippen molar-refractivity contribution in [1.29, 1.82) is 0 Å². The Morgan fingerprint density at radius 2 is 1.95 bits per heavy atom. The van der Waals surface area contributed by atoms with Crippen LogP contribution in [0.3, 0.4) is 0 Å². The zero-order valence-corrected chi connectivity index (χ0v) is 12.8. The van der Waals surface area contributed by atoms with E-state index in [4.69, 9.17) is 14.6 Å². The molecule has 0 spiro atoms. The molecule has 2 N–H and O–H groups in total. The second-order valence-electron chi connectivity index (χ2n) is 6.20. The van der Waals surface area contributed by atoms with Gasteiger partial charge in [0, 0.05) is 0 Å². The topological polar surface area (TPSA) is 102 Å². The fourth-order valence-corrected chi connectivity index (χ4v) is 2.01. The molecule has 0 aromatic carbocycles. The molecule has 1 amide bonds. The normalized spacial score (nSPS) is 23.4. The van der Waals surface area contributed by atoms with Gasteiger partial charge in [-0.25, -0.2) is 4.79 Å². The maximum Gasteiger partial charge on any atom is 0.326 e. The van der Waals surface area contributed by atoms with Gasteiger partial charge in [0.25, 0.3) is 0 Å². The standard InChI is InChI=1S/C14H23NO6/c1-8-5-6-10(20-8)12(17)15-9(13(18)19)7-11(16)21-14(2,3)4/h8-10H,5-7H2,1-4H3,(H,15,17)(H,18,19)/t8?,9-,10?/m0/s1. The first kappa shape index (κ1) is 17.4. The van der Waals surface area contributed by atoms with Gasteiger partial charge in [-0.15, -0.1) is 0 Å². The summed E-state index contributed by atoms with van der Waals surface area (Å²) in [6.07, 6.45) is 0.212. The number of carbonyl (C=O) groups is 3. The number of nitrogens with one attached hydrogen (secondary N) is 1. The average molecular weight is 301 g/mol. The van der Waals surface area contributed by atoms with Crippen LogP contribution >= 0.6 is 0 Å². The largest absolute Gasteiger partial charge is 0.480 e.